The zero-order chi connectivity index (χ0) is 22.2. The predicted octanol–water partition coefficient (Wildman–Crippen LogP) is 4.88. The number of fused-ring (bicyclic) bond motifs is 1. The Hall–Kier alpha value is -2.84. The first-order valence-corrected chi connectivity index (χ1v) is 11.8. The number of thioether (sulfide) groups is 1. The summed E-state index contributed by atoms with van der Waals surface area (Å²) in [6.45, 7) is 2.10. The van der Waals surface area contributed by atoms with E-state index in [0.717, 1.165) is 29.9 Å². The largest absolute Gasteiger partial charge is 0.484 e. The van der Waals surface area contributed by atoms with E-state index in [9.17, 15) is 9.59 Å². The molecule has 9 heteroatoms. The molecule has 0 unspecified atom stereocenters. The highest BCUT2D eigenvalue weighted by Crippen LogP contribution is 2.39. The first kappa shape index (κ1) is 21.0. The van der Waals surface area contributed by atoms with Crippen LogP contribution in [0.15, 0.2) is 47.6 Å². The second-order valence-electron chi connectivity index (χ2n) is 7.94. The number of nitrogens with one attached hydrogen (secondary N) is 1. The fraction of sp³-hybridized carbons (Fsp3) is 0.304. The molecule has 164 valence electrons. The van der Waals surface area contributed by atoms with Crippen molar-refractivity contribution >= 4 is 40.7 Å². The third kappa shape index (κ3) is 4.12. The van der Waals surface area contributed by atoms with Crippen LogP contribution in [0.25, 0.3) is 0 Å². The van der Waals surface area contributed by atoms with Gasteiger partial charge in [0.05, 0.1) is 16.7 Å². The van der Waals surface area contributed by atoms with E-state index < -0.39 is 0 Å². The SMILES string of the molecule is C[C@H]1C(=O)Nc2ccc(C(=O)CSc3nnc(COc4ccccc4Cl)n3C3CC3)cc21. The van der Waals surface area contributed by atoms with Gasteiger partial charge in [0.15, 0.2) is 16.8 Å². The molecule has 3 aromatic rings. The van der Waals surface area contributed by atoms with Crippen LogP contribution in [0.4, 0.5) is 5.69 Å². The standard InChI is InChI=1S/C23H21ClN4O3S/c1-13-16-10-14(6-9-18(16)25-22(13)30)19(29)12-32-23-27-26-21(28(23)15-7-8-15)11-31-20-5-3-2-4-17(20)24/h2-6,9-10,13,15H,7-8,11-12H2,1H3,(H,25,30)/t13-/m1/s1. The molecular weight excluding hydrogens is 448 g/mol. The van der Waals surface area contributed by atoms with Crippen molar-refractivity contribution in [3.63, 3.8) is 0 Å². The summed E-state index contributed by atoms with van der Waals surface area (Å²) in [6.07, 6.45) is 2.12. The van der Waals surface area contributed by atoms with Crippen LogP contribution < -0.4 is 10.1 Å². The van der Waals surface area contributed by atoms with Crippen LogP contribution in [0, 0.1) is 0 Å². The molecule has 2 aliphatic rings. The van der Waals surface area contributed by atoms with E-state index in [1.807, 2.05) is 31.2 Å². The number of ether oxygens (including phenoxy) is 1. The number of hydrogen-bond acceptors (Lipinski definition) is 6. The number of rotatable bonds is 8. The molecule has 1 saturated carbocycles. The molecule has 0 spiro atoms. The van der Waals surface area contributed by atoms with Crippen molar-refractivity contribution in [2.75, 3.05) is 11.1 Å². The fourth-order valence-corrected chi connectivity index (χ4v) is 4.82. The molecule has 0 radical (unpaired) electrons. The molecule has 7 nitrogen and oxygen atoms in total. The van der Waals surface area contributed by atoms with Gasteiger partial charge < -0.3 is 10.1 Å². The number of nitrogens with zero attached hydrogens (tertiary/aromatic N) is 3. The average Bonchev–Trinajstić information content (AvgIpc) is 3.49. The van der Waals surface area contributed by atoms with E-state index in [4.69, 9.17) is 16.3 Å². The van der Waals surface area contributed by atoms with Crippen molar-refractivity contribution in [2.24, 2.45) is 0 Å². The molecule has 0 saturated heterocycles. The Labute approximate surface area is 194 Å². The summed E-state index contributed by atoms with van der Waals surface area (Å²) in [7, 11) is 0. The van der Waals surface area contributed by atoms with Crippen LogP contribution in [-0.2, 0) is 11.4 Å². The Kier molecular flexibility index (Phi) is 5.65. The van der Waals surface area contributed by atoms with E-state index in [2.05, 4.69) is 20.1 Å². The lowest BCUT2D eigenvalue weighted by molar-refractivity contribution is -0.116. The highest BCUT2D eigenvalue weighted by atomic mass is 35.5. The third-order valence-corrected chi connectivity index (χ3v) is 6.92. The number of anilines is 1. The summed E-state index contributed by atoms with van der Waals surface area (Å²) in [5, 5.41) is 12.7. The maximum atomic E-state index is 12.8. The van der Waals surface area contributed by atoms with E-state index in [1.54, 1.807) is 18.2 Å². The van der Waals surface area contributed by atoms with Gasteiger partial charge in [0.1, 0.15) is 12.4 Å². The molecule has 0 bridgehead atoms. The second kappa shape index (κ2) is 8.60. The smallest absolute Gasteiger partial charge is 0.231 e. The maximum Gasteiger partial charge on any atom is 0.231 e. The zero-order valence-corrected chi connectivity index (χ0v) is 18.9. The van der Waals surface area contributed by atoms with Gasteiger partial charge in [-0.15, -0.1) is 10.2 Å². The Morgan fingerprint density at radius 1 is 1.25 bits per heavy atom. The summed E-state index contributed by atoms with van der Waals surface area (Å²) in [5.41, 5.74) is 2.24. The number of carbonyl (C=O) groups is 2. The Morgan fingerprint density at radius 3 is 2.84 bits per heavy atom. The van der Waals surface area contributed by atoms with Gasteiger partial charge in [-0.25, -0.2) is 0 Å². The summed E-state index contributed by atoms with van der Waals surface area (Å²) in [6, 6.07) is 13.0. The first-order chi connectivity index (χ1) is 15.5. The Balaban J connectivity index is 1.27. The van der Waals surface area contributed by atoms with Crippen molar-refractivity contribution in [3.8, 4) is 5.75 Å². The third-order valence-electron chi connectivity index (χ3n) is 5.66. The molecule has 1 aliphatic carbocycles. The van der Waals surface area contributed by atoms with Crippen LogP contribution >= 0.6 is 23.4 Å². The highest BCUT2D eigenvalue weighted by molar-refractivity contribution is 7.99. The molecule has 1 N–H and O–H groups in total. The molecule has 1 atom stereocenters. The zero-order valence-electron chi connectivity index (χ0n) is 17.4. The van der Waals surface area contributed by atoms with Gasteiger partial charge in [-0.1, -0.05) is 35.5 Å². The number of ketones is 1. The van der Waals surface area contributed by atoms with Gasteiger partial charge in [0.2, 0.25) is 5.91 Å². The van der Waals surface area contributed by atoms with Crippen molar-refractivity contribution < 1.29 is 14.3 Å². The summed E-state index contributed by atoms with van der Waals surface area (Å²) in [4.78, 5) is 24.7. The van der Waals surface area contributed by atoms with Gasteiger partial charge in [0, 0.05) is 17.3 Å². The number of halogens is 1. The lowest BCUT2D eigenvalue weighted by Gasteiger charge is -2.11. The van der Waals surface area contributed by atoms with Crippen LogP contribution in [0.1, 0.15) is 53.5 Å². The number of Topliss-reactive ketones (excluding diaryl/α,β-unsaturated/α-hetero) is 1. The minimum atomic E-state index is -0.246. The molecule has 1 aromatic heterocycles. The number of para-hydroxylation sites is 1. The lowest BCUT2D eigenvalue weighted by Crippen LogP contribution is -2.09. The van der Waals surface area contributed by atoms with E-state index in [0.29, 0.717) is 27.5 Å². The molecule has 2 aromatic carbocycles. The summed E-state index contributed by atoms with van der Waals surface area (Å²) < 4.78 is 7.92. The molecule has 1 aliphatic heterocycles. The van der Waals surface area contributed by atoms with E-state index in [-0.39, 0.29) is 30.0 Å². The number of amides is 1. The highest BCUT2D eigenvalue weighted by Gasteiger charge is 2.31. The number of aromatic nitrogens is 3. The number of hydrogen-bond donors (Lipinski definition) is 1. The molecule has 32 heavy (non-hydrogen) atoms. The predicted molar refractivity (Wildman–Crippen MR) is 123 cm³/mol. The monoisotopic (exact) mass is 468 g/mol. The van der Waals surface area contributed by atoms with Gasteiger partial charge >= 0.3 is 0 Å². The van der Waals surface area contributed by atoms with Crippen LogP contribution in [0.5, 0.6) is 5.75 Å². The van der Waals surface area contributed by atoms with Gasteiger partial charge in [-0.2, -0.15) is 0 Å². The van der Waals surface area contributed by atoms with Gasteiger partial charge in [0.25, 0.3) is 0 Å². The van der Waals surface area contributed by atoms with Crippen LogP contribution in [-0.4, -0.2) is 32.2 Å². The van der Waals surface area contributed by atoms with Crippen molar-refractivity contribution in [3.05, 3.63) is 64.4 Å². The molecule has 2 heterocycles. The molecule has 1 amide bonds. The van der Waals surface area contributed by atoms with Gasteiger partial charge in [-0.05, 0) is 55.7 Å². The fourth-order valence-electron chi connectivity index (χ4n) is 3.71. The summed E-state index contributed by atoms with van der Waals surface area (Å²) >= 11 is 7.55. The van der Waals surface area contributed by atoms with Crippen molar-refractivity contribution in [2.45, 2.75) is 43.5 Å². The quantitative estimate of drug-likeness (QED) is 0.374. The number of carbonyl (C=O) groups excluding carboxylic acids is 2. The normalized spacial score (nSPS) is 17.2. The Morgan fingerprint density at radius 2 is 2.06 bits per heavy atom. The van der Waals surface area contributed by atoms with E-state index in [1.165, 1.54) is 11.8 Å². The van der Waals surface area contributed by atoms with Crippen LogP contribution in [0.2, 0.25) is 5.02 Å². The number of benzene rings is 2. The Bertz CT molecular complexity index is 1210. The molecule has 5 rings (SSSR count). The van der Waals surface area contributed by atoms with Crippen LogP contribution in [0.3, 0.4) is 0 Å². The van der Waals surface area contributed by atoms with Crippen molar-refractivity contribution in [1.29, 1.82) is 0 Å². The maximum absolute atomic E-state index is 12.8. The topological polar surface area (TPSA) is 86.1 Å². The van der Waals surface area contributed by atoms with Gasteiger partial charge in [-0.3, -0.25) is 14.2 Å². The molecule has 1 fully saturated rings. The lowest BCUT2D eigenvalue weighted by atomic mass is 9.99. The van der Waals surface area contributed by atoms with Crippen molar-refractivity contribution in [1.82, 2.24) is 14.8 Å². The first-order valence-electron chi connectivity index (χ1n) is 10.4. The minimum absolute atomic E-state index is 0.0106. The average molecular weight is 469 g/mol. The van der Waals surface area contributed by atoms with E-state index >= 15 is 0 Å². The minimum Gasteiger partial charge on any atom is -0.484 e. The molecular formula is C23H21ClN4O3S. The second-order valence-corrected chi connectivity index (χ2v) is 9.29. The summed E-state index contributed by atoms with van der Waals surface area (Å²) in [5.74, 6) is 1.27.